The summed E-state index contributed by atoms with van der Waals surface area (Å²) in [6.07, 6.45) is -1.34. The second-order valence-electron chi connectivity index (χ2n) is 16.2. The van der Waals surface area contributed by atoms with E-state index in [4.69, 9.17) is 28.4 Å². The Morgan fingerprint density at radius 3 is 2.31 bits per heavy atom. The highest BCUT2D eigenvalue weighted by molar-refractivity contribution is 6.04. The minimum absolute atomic E-state index is 0.0115. The number of para-hydroxylation sites is 1. The van der Waals surface area contributed by atoms with Crippen LogP contribution in [0, 0.1) is 17.3 Å². The lowest BCUT2D eigenvalue weighted by Crippen LogP contribution is -2.69. The van der Waals surface area contributed by atoms with Crippen LogP contribution in [-0.2, 0) is 33.3 Å². The average molecular weight is 731 g/mol. The zero-order valence-electron chi connectivity index (χ0n) is 33.1. The fraction of sp³-hybridized carbons (Fsp3) is 0.769. The molecule has 4 aliphatic rings. The van der Waals surface area contributed by atoms with Crippen LogP contribution in [0.5, 0.6) is 5.75 Å². The molecule has 292 valence electrons. The number of hydrogen-bond acceptors (Lipinski definition) is 12. The van der Waals surface area contributed by atoms with Crippen molar-refractivity contribution < 1.29 is 42.8 Å². The lowest BCUT2D eigenvalue weighted by Gasteiger charge is -2.55. The molecule has 4 aliphatic heterocycles. The van der Waals surface area contributed by atoms with E-state index in [-0.39, 0.29) is 35.8 Å². The Bertz CT molecular complexity index is 1420. The number of amides is 1. The number of carbonyl (C=O) groups excluding carboxylic acids is 3. The molecule has 13 heteroatoms. The molecule has 0 unspecified atom stereocenters. The third-order valence-electron chi connectivity index (χ3n) is 11.7. The van der Waals surface area contributed by atoms with Crippen molar-refractivity contribution in [3.05, 3.63) is 29.8 Å². The zero-order valence-corrected chi connectivity index (χ0v) is 33.1. The van der Waals surface area contributed by atoms with Gasteiger partial charge in [-0.2, -0.15) is 0 Å². The minimum atomic E-state index is -1.46. The first-order chi connectivity index (χ1) is 24.5. The summed E-state index contributed by atoms with van der Waals surface area (Å²) in [5, 5.41) is 0. The minimum Gasteiger partial charge on any atom is -0.496 e. The van der Waals surface area contributed by atoms with Gasteiger partial charge >= 0.3 is 5.97 Å². The van der Waals surface area contributed by atoms with E-state index in [0.717, 1.165) is 6.42 Å². The summed E-state index contributed by atoms with van der Waals surface area (Å²) >= 11 is 0. The maximum Gasteiger partial charge on any atom is 0.319 e. The van der Waals surface area contributed by atoms with Crippen LogP contribution in [-0.4, -0.2) is 160 Å². The lowest BCUT2D eigenvalue weighted by atomic mass is 9.76. The highest BCUT2D eigenvalue weighted by Crippen LogP contribution is 2.45. The monoisotopic (exact) mass is 730 g/mol. The number of likely N-dealkylation sites (N-methyl/N-ethyl adjacent to an activating group) is 2. The van der Waals surface area contributed by atoms with Crippen LogP contribution in [0.25, 0.3) is 0 Å². The van der Waals surface area contributed by atoms with Crippen molar-refractivity contribution in [2.45, 2.75) is 103 Å². The van der Waals surface area contributed by atoms with E-state index >= 15 is 0 Å². The van der Waals surface area contributed by atoms with Crippen molar-refractivity contribution in [1.82, 2.24) is 19.6 Å². The maximum atomic E-state index is 14.4. The molecular formula is C39H62N4O9. The number of methoxy groups -OCH3 is 2. The number of hydrogen-bond donors (Lipinski definition) is 0. The van der Waals surface area contributed by atoms with Gasteiger partial charge in [0.2, 0.25) is 0 Å². The molecule has 5 rings (SSSR count). The molecule has 52 heavy (non-hydrogen) atoms. The molecule has 1 amide bonds. The summed E-state index contributed by atoms with van der Waals surface area (Å²) in [6, 6.07) is 7.11. The van der Waals surface area contributed by atoms with Gasteiger partial charge in [-0.25, -0.2) is 0 Å². The molecule has 0 saturated carbocycles. The Hall–Kier alpha value is -2.65. The van der Waals surface area contributed by atoms with E-state index in [1.807, 2.05) is 45.0 Å². The number of esters is 1. The van der Waals surface area contributed by atoms with Gasteiger partial charge in [0.05, 0.1) is 24.8 Å². The molecule has 0 aromatic heterocycles. The number of ether oxygens (including phenoxy) is 6. The van der Waals surface area contributed by atoms with E-state index < -0.39 is 47.7 Å². The molecule has 4 fully saturated rings. The van der Waals surface area contributed by atoms with Gasteiger partial charge in [-0.15, -0.1) is 0 Å². The van der Waals surface area contributed by atoms with E-state index in [1.165, 1.54) is 0 Å². The van der Waals surface area contributed by atoms with Gasteiger partial charge in [-0.1, -0.05) is 26.0 Å². The van der Waals surface area contributed by atoms with Crippen LogP contribution in [0.3, 0.4) is 0 Å². The molecule has 0 aliphatic carbocycles. The van der Waals surface area contributed by atoms with Gasteiger partial charge < -0.3 is 38.2 Å². The van der Waals surface area contributed by atoms with Crippen molar-refractivity contribution in [2.24, 2.45) is 17.3 Å². The van der Waals surface area contributed by atoms with E-state index in [0.29, 0.717) is 57.0 Å². The van der Waals surface area contributed by atoms with Gasteiger partial charge in [0, 0.05) is 64.8 Å². The van der Waals surface area contributed by atoms with Crippen LogP contribution in [0.2, 0.25) is 0 Å². The van der Waals surface area contributed by atoms with Crippen molar-refractivity contribution in [3.8, 4) is 5.75 Å². The predicted octanol–water partition coefficient (Wildman–Crippen LogP) is 3.15. The Balaban J connectivity index is 1.39. The molecule has 0 bridgehead atoms. The van der Waals surface area contributed by atoms with Crippen LogP contribution in [0.1, 0.15) is 64.7 Å². The standard InChI is InChI=1S/C39H62N4O9/c1-24-21-39(48-11)34(51-36-32(52-39)29(40(7)8)20-25(2)49-36)26(3)33(44)38(5,6)37(46)50-27(4)30(41(9)22-24)23-42-16-18-43(19-17-42)35(45)28-14-12-13-15-31(28)47-10/h12-15,24-27,29-30,32,34,36H,16-23H2,1-11H3/t24-,25-,26+,27+,29+,30+,32-,34-,36+,39+/m1/s1. The Labute approximate surface area is 310 Å². The molecule has 1 aromatic rings. The number of nitrogens with zero attached hydrogens (tertiary/aromatic N) is 4. The van der Waals surface area contributed by atoms with Crippen LogP contribution >= 0.6 is 0 Å². The highest BCUT2D eigenvalue weighted by Gasteiger charge is 2.59. The van der Waals surface area contributed by atoms with Crippen LogP contribution in [0.4, 0.5) is 0 Å². The van der Waals surface area contributed by atoms with E-state index in [9.17, 15) is 14.4 Å². The molecule has 1 aromatic carbocycles. The fourth-order valence-electron chi connectivity index (χ4n) is 8.64. The summed E-state index contributed by atoms with van der Waals surface area (Å²) in [4.78, 5) is 50.3. The van der Waals surface area contributed by atoms with E-state index in [2.05, 4.69) is 28.7 Å². The Morgan fingerprint density at radius 1 is 1.00 bits per heavy atom. The normalized spacial score (nSPS) is 36.8. The quantitative estimate of drug-likeness (QED) is 0.316. The summed E-state index contributed by atoms with van der Waals surface area (Å²) in [6.45, 7) is 14.8. The largest absolute Gasteiger partial charge is 0.496 e. The van der Waals surface area contributed by atoms with Crippen molar-refractivity contribution in [3.63, 3.8) is 0 Å². The zero-order chi connectivity index (χ0) is 38.1. The molecule has 13 nitrogen and oxygen atoms in total. The number of Topliss-reactive ketones (excluding diaryl/α,β-unsaturated/α-hetero) is 1. The van der Waals surface area contributed by atoms with Crippen LogP contribution < -0.4 is 4.74 Å². The Morgan fingerprint density at radius 2 is 1.67 bits per heavy atom. The first kappa shape index (κ1) is 40.5. The molecule has 4 heterocycles. The maximum absolute atomic E-state index is 14.4. The van der Waals surface area contributed by atoms with Crippen molar-refractivity contribution in [2.75, 3.05) is 74.6 Å². The summed E-state index contributed by atoms with van der Waals surface area (Å²) in [5.41, 5.74) is -0.913. The van der Waals surface area contributed by atoms with Crippen LogP contribution in [0.15, 0.2) is 24.3 Å². The smallest absolute Gasteiger partial charge is 0.319 e. The SMILES string of the molecule is COc1ccccc1C(=O)N1CCN(C[C@H]2[C@H](C)OC(=O)C(C)(C)C(=O)[C@H](C)[C@H]3O[C@@H]4O[C@H](C)C[C@H](N(C)C)[C@H]4O[C@@]3(OC)C[C@@H](C)CN2C)CC1. The summed E-state index contributed by atoms with van der Waals surface area (Å²) < 4.78 is 38.0. The number of fused-ring (bicyclic) bond motifs is 2. The molecule has 0 radical (unpaired) electrons. The third kappa shape index (κ3) is 8.20. The van der Waals surface area contributed by atoms with Gasteiger partial charge in [0.1, 0.15) is 29.5 Å². The number of carbonyl (C=O) groups is 3. The summed E-state index contributed by atoms with van der Waals surface area (Å²) in [7, 11) is 9.28. The van der Waals surface area contributed by atoms with Gasteiger partial charge in [-0.05, 0) is 73.3 Å². The average Bonchev–Trinajstić information content (AvgIpc) is 3.12. The molecular weight excluding hydrogens is 668 g/mol. The molecule has 10 atom stereocenters. The van der Waals surface area contributed by atoms with Gasteiger partial charge in [-0.3, -0.25) is 24.2 Å². The highest BCUT2D eigenvalue weighted by atomic mass is 16.8. The molecule has 0 N–H and O–H groups in total. The number of ketones is 1. The Kier molecular flexibility index (Phi) is 12.8. The second-order valence-corrected chi connectivity index (χ2v) is 16.2. The topological polar surface area (TPSA) is 120 Å². The van der Waals surface area contributed by atoms with Gasteiger partial charge in [0.25, 0.3) is 5.91 Å². The first-order valence-electron chi connectivity index (χ1n) is 18.8. The lowest BCUT2D eigenvalue weighted by molar-refractivity contribution is -0.424. The number of cyclic esters (lactones) is 1. The summed E-state index contributed by atoms with van der Waals surface area (Å²) in [5.74, 6) is -2.38. The third-order valence-corrected chi connectivity index (χ3v) is 11.7. The molecule has 4 saturated heterocycles. The number of piperazine rings is 1. The fourth-order valence-corrected chi connectivity index (χ4v) is 8.64. The first-order valence-corrected chi connectivity index (χ1v) is 18.8. The van der Waals surface area contributed by atoms with Crippen molar-refractivity contribution >= 4 is 17.7 Å². The molecule has 0 spiro atoms. The second kappa shape index (κ2) is 16.4. The number of rotatable bonds is 6. The van der Waals surface area contributed by atoms with Gasteiger partial charge in [0.15, 0.2) is 17.9 Å². The predicted molar refractivity (Wildman–Crippen MR) is 195 cm³/mol. The van der Waals surface area contributed by atoms with Crippen molar-refractivity contribution in [1.29, 1.82) is 0 Å². The van der Waals surface area contributed by atoms with E-state index in [1.54, 1.807) is 47.1 Å². The number of benzene rings is 1.